The predicted molar refractivity (Wildman–Crippen MR) is 84.8 cm³/mol. The lowest BCUT2D eigenvalue weighted by Crippen LogP contribution is -2.09. The van der Waals surface area contributed by atoms with Crippen LogP contribution in [0.3, 0.4) is 0 Å². The fourth-order valence-electron chi connectivity index (χ4n) is 2.66. The van der Waals surface area contributed by atoms with Gasteiger partial charge in [-0.05, 0) is 42.2 Å². The van der Waals surface area contributed by atoms with Crippen LogP contribution >= 0.6 is 0 Å². The Morgan fingerprint density at radius 1 is 1.00 bits per heavy atom. The number of aryl methyl sites for hydroxylation is 1. The van der Waals surface area contributed by atoms with Gasteiger partial charge in [-0.2, -0.15) is 0 Å². The van der Waals surface area contributed by atoms with Crippen molar-refractivity contribution >= 4 is 6.21 Å². The van der Waals surface area contributed by atoms with Crippen molar-refractivity contribution in [1.82, 2.24) is 0 Å². The molecule has 0 radical (unpaired) electrons. The molecule has 1 atom stereocenters. The summed E-state index contributed by atoms with van der Waals surface area (Å²) in [4.78, 5) is 4.68. The van der Waals surface area contributed by atoms with E-state index >= 15 is 0 Å². The summed E-state index contributed by atoms with van der Waals surface area (Å²) in [6.45, 7) is 2.10. The monoisotopic (exact) mass is 281 g/mol. The van der Waals surface area contributed by atoms with Crippen molar-refractivity contribution in [2.45, 2.75) is 19.4 Å². The van der Waals surface area contributed by atoms with E-state index in [0.29, 0.717) is 0 Å². The normalized spacial score (nSPS) is 16.4. The molecule has 0 amide bonds. The number of fused-ring (bicyclic) bond motifs is 1. The number of methoxy groups -OCH3 is 2. The average molecular weight is 281 g/mol. The Morgan fingerprint density at radius 2 is 1.67 bits per heavy atom. The molecule has 3 rings (SSSR count). The lowest BCUT2D eigenvalue weighted by molar-refractivity contribution is 0.354. The maximum absolute atomic E-state index is 5.39. The summed E-state index contributed by atoms with van der Waals surface area (Å²) in [7, 11) is 3.32. The summed E-state index contributed by atoms with van der Waals surface area (Å²) in [5, 5.41) is 0. The standard InChI is InChI=1S/C18H19NO2/c1-12-4-6-13(7-5-12)16-8-14-9-17(20-2)18(21-3)10-15(14)11-19-16/h4-7,9-11,16H,8H2,1-3H3. The molecule has 0 N–H and O–H groups in total. The molecule has 21 heavy (non-hydrogen) atoms. The first kappa shape index (κ1) is 13.7. The number of nitrogens with zero attached hydrogens (tertiary/aromatic N) is 1. The van der Waals surface area contributed by atoms with E-state index in [1.54, 1.807) is 14.2 Å². The zero-order chi connectivity index (χ0) is 14.8. The van der Waals surface area contributed by atoms with Crippen LogP contribution in [0.25, 0.3) is 0 Å². The van der Waals surface area contributed by atoms with Gasteiger partial charge in [-0.3, -0.25) is 4.99 Å². The van der Waals surface area contributed by atoms with Gasteiger partial charge in [-0.25, -0.2) is 0 Å². The van der Waals surface area contributed by atoms with E-state index in [9.17, 15) is 0 Å². The van der Waals surface area contributed by atoms with Crippen LogP contribution in [-0.2, 0) is 6.42 Å². The number of hydrogen-bond donors (Lipinski definition) is 0. The topological polar surface area (TPSA) is 30.8 Å². The smallest absolute Gasteiger partial charge is 0.161 e. The van der Waals surface area contributed by atoms with Crippen LogP contribution < -0.4 is 9.47 Å². The minimum absolute atomic E-state index is 0.177. The highest BCUT2D eigenvalue weighted by atomic mass is 16.5. The van der Waals surface area contributed by atoms with Crippen molar-refractivity contribution in [2.24, 2.45) is 4.99 Å². The van der Waals surface area contributed by atoms with Gasteiger partial charge in [0.2, 0.25) is 0 Å². The van der Waals surface area contributed by atoms with Gasteiger partial charge in [-0.1, -0.05) is 29.8 Å². The second kappa shape index (κ2) is 5.60. The molecule has 108 valence electrons. The molecule has 0 saturated heterocycles. The molecule has 0 bridgehead atoms. The third-order valence-electron chi connectivity index (χ3n) is 3.91. The molecule has 0 saturated carbocycles. The van der Waals surface area contributed by atoms with Crippen molar-refractivity contribution in [1.29, 1.82) is 0 Å². The van der Waals surface area contributed by atoms with Crippen molar-refractivity contribution in [2.75, 3.05) is 14.2 Å². The molecule has 1 heterocycles. The van der Waals surface area contributed by atoms with Gasteiger partial charge < -0.3 is 9.47 Å². The van der Waals surface area contributed by atoms with Crippen molar-refractivity contribution in [3.8, 4) is 11.5 Å². The summed E-state index contributed by atoms with van der Waals surface area (Å²) in [6, 6.07) is 12.8. The van der Waals surface area contributed by atoms with Crippen LogP contribution in [0.1, 0.15) is 28.3 Å². The van der Waals surface area contributed by atoms with Gasteiger partial charge in [-0.15, -0.1) is 0 Å². The Balaban J connectivity index is 1.94. The average Bonchev–Trinajstić information content (AvgIpc) is 2.53. The first-order valence-electron chi connectivity index (χ1n) is 7.06. The molecule has 0 aromatic heterocycles. The summed E-state index contributed by atoms with van der Waals surface area (Å²) in [5.74, 6) is 1.52. The summed E-state index contributed by atoms with van der Waals surface area (Å²) in [6.07, 6.45) is 2.82. The largest absolute Gasteiger partial charge is 0.493 e. The van der Waals surface area contributed by atoms with Gasteiger partial charge in [0.15, 0.2) is 11.5 Å². The molecule has 0 fully saturated rings. The van der Waals surface area contributed by atoms with Crippen LogP contribution in [0.2, 0.25) is 0 Å². The maximum Gasteiger partial charge on any atom is 0.161 e. The van der Waals surface area contributed by atoms with Gasteiger partial charge in [0.1, 0.15) is 0 Å². The van der Waals surface area contributed by atoms with E-state index in [1.807, 2.05) is 12.3 Å². The second-order valence-corrected chi connectivity index (χ2v) is 5.31. The molecule has 3 heteroatoms. The zero-order valence-corrected chi connectivity index (χ0v) is 12.6. The van der Waals surface area contributed by atoms with Gasteiger partial charge in [0.25, 0.3) is 0 Å². The van der Waals surface area contributed by atoms with E-state index in [2.05, 4.69) is 42.2 Å². The number of hydrogen-bond acceptors (Lipinski definition) is 3. The van der Waals surface area contributed by atoms with Crippen LogP contribution in [0.15, 0.2) is 41.4 Å². The van der Waals surface area contributed by atoms with E-state index in [4.69, 9.17) is 9.47 Å². The first-order valence-corrected chi connectivity index (χ1v) is 7.06. The summed E-state index contributed by atoms with van der Waals surface area (Å²) < 4.78 is 10.7. The SMILES string of the molecule is COc1cc2c(cc1OC)CC(c1ccc(C)cc1)N=C2. The molecule has 1 aliphatic rings. The van der Waals surface area contributed by atoms with Crippen LogP contribution in [0.5, 0.6) is 11.5 Å². The predicted octanol–water partition coefficient (Wildman–Crippen LogP) is 3.73. The minimum atomic E-state index is 0.177. The Morgan fingerprint density at radius 3 is 2.33 bits per heavy atom. The molecule has 0 spiro atoms. The highest BCUT2D eigenvalue weighted by Gasteiger charge is 2.19. The molecular formula is C18H19NO2. The third-order valence-corrected chi connectivity index (χ3v) is 3.91. The molecular weight excluding hydrogens is 262 g/mol. The Bertz CT molecular complexity index is 674. The minimum Gasteiger partial charge on any atom is -0.493 e. The van der Waals surface area contributed by atoms with E-state index in [1.165, 1.54) is 16.7 Å². The Labute approximate surface area is 125 Å². The van der Waals surface area contributed by atoms with Crippen molar-refractivity contribution in [3.63, 3.8) is 0 Å². The first-order chi connectivity index (χ1) is 10.2. The lowest BCUT2D eigenvalue weighted by atomic mass is 9.93. The van der Waals surface area contributed by atoms with Gasteiger partial charge >= 0.3 is 0 Å². The molecule has 1 unspecified atom stereocenters. The van der Waals surface area contributed by atoms with Crippen LogP contribution in [0.4, 0.5) is 0 Å². The number of aliphatic imine (C=N–C) groups is 1. The van der Waals surface area contributed by atoms with E-state index in [-0.39, 0.29) is 6.04 Å². The molecule has 2 aromatic rings. The Hall–Kier alpha value is -2.29. The highest BCUT2D eigenvalue weighted by molar-refractivity contribution is 5.84. The van der Waals surface area contributed by atoms with Crippen molar-refractivity contribution < 1.29 is 9.47 Å². The zero-order valence-electron chi connectivity index (χ0n) is 12.6. The number of benzene rings is 2. The van der Waals surface area contributed by atoms with Crippen molar-refractivity contribution in [3.05, 3.63) is 58.7 Å². The fraction of sp³-hybridized carbons (Fsp3) is 0.278. The summed E-state index contributed by atoms with van der Waals surface area (Å²) in [5.41, 5.74) is 4.87. The second-order valence-electron chi connectivity index (χ2n) is 5.31. The number of ether oxygens (including phenoxy) is 2. The Kier molecular flexibility index (Phi) is 3.65. The van der Waals surface area contributed by atoms with Crippen LogP contribution in [-0.4, -0.2) is 20.4 Å². The quantitative estimate of drug-likeness (QED) is 0.858. The number of rotatable bonds is 3. The third kappa shape index (κ3) is 2.64. The molecule has 3 nitrogen and oxygen atoms in total. The molecule has 1 aliphatic heterocycles. The van der Waals surface area contributed by atoms with Gasteiger partial charge in [0, 0.05) is 6.21 Å². The van der Waals surface area contributed by atoms with Gasteiger partial charge in [0.05, 0.1) is 20.3 Å². The maximum atomic E-state index is 5.39. The van der Waals surface area contributed by atoms with E-state index in [0.717, 1.165) is 23.5 Å². The molecule has 0 aliphatic carbocycles. The highest BCUT2D eigenvalue weighted by Crippen LogP contribution is 2.35. The fourth-order valence-corrected chi connectivity index (χ4v) is 2.66. The van der Waals surface area contributed by atoms with E-state index < -0.39 is 0 Å². The van der Waals surface area contributed by atoms with Crippen LogP contribution in [0, 0.1) is 6.92 Å². The molecule has 2 aromatic carbocycles. The summed E-state index contributed by atoms with van der Waals surface area (Å²) >= 11 is 0. The lowest BCUT2D eigenvalue weighted by Gasteiger charge is -2.21.